The fourth-order valence-electron chi connectivity index (χ4n) is 2.18. The van der Waals surface area contributed by atoms with Gasteiger partial charge in [-0.25, -0.2) is 4.39 Å². The highest BCUT2D eigenvalue weighted by molar-refractivity contribution is 8.00. The number of ketones is 1. The Kier molecular flexibility index (Phi) is 5.93. The predicted molar refractivity (Wildman–Crippen MR) is 94.0 cm³/mol. The minimum atomic E-state index is -1.02. The van der Waals surface area contributed by atoms with Crippen LogP contribution >= 0.6 is 11.8 Å². The van der Waals surface area contributed by atoms with E-state index in [1.165, 1.54) is 18.2 Å². The first-order valence-corrected chi connectivity index (χ1v) is 8.29. The Balaban J connectivity index is 2.13. The van der Waals surface area contributed by atoms with Crippen LogP contribution in [-0.2, 0) is 4.79 Å². The van der Waals surface area contributed by atoms with Crippen LogP contribution < -0.4 is 0 Å². The summed E-state index contributed by atoms with van der Waals surface area (Å²) in [6.45, 7) is 3.96. The SMILES string of the molecule is Cc1ccc(/C=C/C(=O)c2ccc(SCC(=O)O)c(F)c2)c(C)c1. The molecular weight excluding hydrogens is 327 g/mol. The summed E-state index contributed by atoms with van der Waals surface area (Å²) in [7, 11) is 0. The molecule has 0 radical (unpaired) electrons. The van der Waals surface area contributed by atoms with Crippen molar-refractivity contribution in [3.8, 4) is 0 Å². The van der Waals surface area contributed by atoms with Gasteiger partial charge in [0.2, 0.25) is 0 Å². The summed E-state index contributed by atoms with van der Waals surface area (Å²) in [5.41, 5.74) is 3.37. The minimum absolute atomic E-state index is 0.215. The lowest BCUT2D eigenvalue weighted by atomic mass is 10.0. The molecule has 0 atom stereocenters. The lowest BCUT2D eigenvalue weighted by molar-refractivity contribution is -0.133. The van der Waals surface area contributed by atoms with Gasteiger partial charge in [0.05, 0.1) is 5.75 Å². The number of aryl methyl sites for hydroxylation is 2. The van der Waals surface area contributed by atoms with Crippen LogP contribution in [0.15, 0.2) is 47.4 Å². The Morgan fingerprint density at radius 1 is 1.17 bits per heavy atom. The molecule has 1 N–H and O–H groups in total. The Morgan fingerprint density at radius 2 is 1.92 bits per heavy atom. The Bertz CT molecular complexity index is 812. The van der Waals surface area contributed by atoms with Gasteiger partial charge in [-0.2, -0.15) is 0 Å². The molecule has 3 nitrogen and oxygen atoms in total. The molecule has 0 saturated heterocycles. The van der Waals surface area contributed by atoms with Gasteiger partial charge in [-0.1, -0.05) is 29.8 Å². The molecule has 0 saturated carbocycles. The first kappa shape index (κ1) is 17.9. The van der Waals surface area contributed by atoms with E-state index < -0.39 is 11.8 Å². The van der Waals surface area contributed by atoms with Crippen molar-refractivity contribution in [1.82, 2.24) is 0 Å². The maximum absolute atomic E-state index is 13.9. The van der Waals surface area contributed by atoms with E-state index in [1.807, 2.05) is 32.0 Å². The molecule has 124 valence electrons. The number of rotatable bonds is 6. The fraction of sp³-hybridized carbons (Fsp3) is 0.158. The van der Waals surface area contributed by atoms with Crippen molar-refractivity contribution in [2.75, 3.05) is 5.75 Å². The van der Waals surface area contributed by atoms with E-state index in [0.29, 0.717) is 0 Å². The van der Waals surface area contributed by atoms with Crippen molar-refractivity contribution in [2.24, 2.45) is 0 Å². The van der Waals surface area contributed by atoms with Gasteiger partial charge in [-0.05, 0) is 49.2 Å². The maximum Gasteiger partial charge on any atom is 0.313 e. The van der Waals surface area contributed by atoms with Crippen LogP contribution in [0, 0.1) is 19.7 Å². The number of carbonyl (C=O) groups excluding carboxylic acids is 1. The highest BCUT2D eigenvalue weighted by atomic mass is 32.2. The third kappa shape index (κ3) is 4.80. The van der Waals surface area contributed by atoms with E-state index in [2.05, 4.69) is 0 Å². The summed E-state index contributed by atoms with van der Waals surface area (Å²) in [5.74, 6) is -2.14. The smallest absolute Gasteiger partial charge is 0.313 e. The van der Waals surface area contributed by atoms with E-state index in [4.69, 9.17) is 5.11 Å². The summed E-state index contributed by atoms with van der Waals surface area (Å²) in [4.78, 5) is 22.9. The van der Waals surface area contributed by atoms with Crippen molar-refractivity contribution < 1.29 is 19.1 Å². The maximum atomic E-state index is 13.9. The number of hydrogen-bond acceptors (Lipinski definition) is 3. The Morgan fingerprint density at radius 3 is 2.54 bits per heavy atom. The lowest BCUT2D eigenvalue weighted by Gasteiger charge is -2.04. The second kappa shape index (κ2) is 7.93. The van der Waals surface area contributed by atoms with Crippen LogP contribution in [0.25, 0.3) is 6.08 Å². The van der Waals surface area contributed by atoms with Crippen molar-refractivity contribution in [1.29, 1.82) is 0 Å². The van der Waals surface area contributed by atoms with E-state index >= 15 is 0 Å². The zero-order chi connectivity index (χ0) is 17.7. The van der Waals surface area contributed by atoms with Crippen molar-refractivity contribution in [2.45, 2.75) is 18.7 Å². The van der Waals surface area contributed by atoms with Crippen LogP contribution in [0.4, 0.5) is 4.39 Å². The van der Waals surface area contributed by atoms with Gasteiger partial charge in [0.25, 0.3) is 0 Å². The third-order valence-electron chi connectivity index (χ3n) is 3.41. The summed E-state index contributed by atoms with van der Waals surface area (Å²) >= 11 is 0.885. The van der Waals surface area contributed by atoms with Gasteiger partial charge in [0.1, 0.15) is 5.82 Å². The molecular formula is C19H17FO3S. The number of carbonyl (C=O) groups is 2. The number of allylic oxidation sites excluding steroid dienone is 1. The average molecular weight is 344 g/mol. The molecule has 2 rings (SSSR count). The molecule has 0 unspecified atom stereocenters. The summed E-state index contributed by atoms with van der Waals surface area (Å²) in [6, 6.07) is 9.99. The van der Waals surface area contributed by atoms with Crippen LogP contribution in [-0.4, -0.2) is 22.6 Å². The summed E-state index contributed by atoms with van der Waals surface area (Å²) in [6.07, 6.45) is 3.12. The number of halogens is 1. The average Bonchev–Trinajstić information content (AvgIpc) is 2.52. The van der Waals surface area contributed by atoms with Crippen LogP contribution in [0.1, 0.15) is 27.0 Å². The van der Waals surface area contributed by atoms with Gasteiger partial charge in [-0.15, -0.1) is 11.8 Å². The fourth-order valence-corrected chi connectivity index (χ4v) is 2.83. The molecule has 0 fully saturated rings. The van der Waals surface area contributed by atoms with Gasteiger partial charge < -0.3 is 5.11 Å². The molecule has 0 heterocycles. The molecule has 0 aromatic heterocycles. The molecule has 0 aliphatic carbocycles. The number of thioether (sulfide) groups is 1. The topological polar surface area (TPSA) is 54.4 Å². The highest BCUT2D eigenvalue weighted by Crippen LogP contribution is 2.23. The van der Waals surface area contributed by atoms with Crippen LogP contribution in [0.5, 0.6) is 0 Å². The van der Waals surface area contributed by atoms with Crippen molar-refractivity contribution in [3.63, 3.8) is 0 Å². The monoisotopic (exact) mass is 344 g/mol. The normalized spacial score (nSPS) is 11.0. The molecule has 0 aliphatic heterocycles. The first-order valence-electron chi connectivity index (χ1n) is 7.30. The summed E-state index contributed by atoms with van der Waals surface area (Å²) in [5, 5.41) is 8.62. The molecule has 0 amide bonds. The third-order valence-corrected chi connectivity index (χ3v) is 4.44. The second-order valence-electron chi connectivity index (χ2n) is 5.39. The number of hydrogen-bond donors (Lipinski definition) is 1. The number of carboxylic acids is 1. The zero-order valence-electron chi connectivity index (χ0n) is 13.4. The number of aliphatic carboxylic acids is 1. The Hall–Kier alpha value is -2.40. The van der Waals surface area contributed by atoms with E-state index in [9.17, 15) is 14.0 Å². The molecule has 24 heavy (non-hydrogen) atoms. The quantitative estimate of drug-likeness (QED) is 0.476. The summed E-state index contributed by atoms with van der Waals surface area (Å²) < 4.78 is 13.9. The van der Waals surface area contributed by atoms with E-state index in [0.717, 1.165) is 34.5 Å². The molecule has 0 aliphatic rings. The first-order chi connectivity index (χ1) is 11.4. The minimum Gasteiger partial charge on any atom is -0.481 e. The predicted octanol–water partition coefficient (Wildman–Crippen LogP) is 4.52. The van der Waals surface area contributed by atoms with Crippen molar-refractivity contribution in [3.05, 3.63) is 70.5 Å². The second-order valence-corrected chi connectivity index (χ2v) is 6.40. The Labute approximate surface area is 144 Å². The van der Waals surface area contributed by atoms with Crippen molar-refractivity contribution >= 4 is 29.6 Å². The zero-order valence-corrected chi connectivity index (χ0v) is 14.2. The van der Waals surface area contributed by atoms with Gasteiger partial charge in [0, 0.05) is 10.5 Å². The molecule has 0 spiro atoms. The van der Waals surface area contributed by atoms with E-state index in [1.54, 1.807) is 6.08 Å². The van der Waals surface area contributed by atoms with Gasteiger partial charge in [-0.3, -0.25) is 9.59 Å². The van der Waals surface area contributed by atoms with E-state index in [-0.39, 0.29) is 22.0 Å². The molecule has 0 bridgehead atoms. The standard InChI is InChI=1S/C19H17FO3S/c1-12-3-4-14(13(2)9-12)5-7-17(21)15-6-8-18(16(20)10-15)24-11-19(22)23/h3-10H,11H2,1-2H3,(H,22,23)/b7-5+. The van der Waals surface area contributed by atoms with Crippen LogP contribution in [0.2, 0.25) is 0 Å². The van der Waals surface area contributed by atoms with Gasteiger partial charge >= 0.3 is 5.97 Å². The van der Waals surface area contributed by atoms with Gasteiger partial charge in [0.15, 0.2) is 5.78 Å². The number of benzene rings is 2. The largest absolute Gasteiger partial charge is 0.481 e. The molecule has 2 aromatic carbocycles. The lowest BCUT2D eigenvalue weighted by Crippen LogP contribution is -2.00. The molecule has 5 heteroatoms. The highest BCUT2D eigenvalue weighted by Gasteiger charge is 2.10. The van der Waals surface area contributed by atoms with Crippen LogP contribution in [0.3, 0.4) is 0 Å². The molecule has 2 aromatic rings. The number of carboxylic acid groups (broad SMARTS) is 1.